The second-order valence-electron chi connectivity index (χ2n) is 5.86. The highest BCUT2D eigenvalue weighted by atomic mass is 16.5. The quantitative estimate of drug-likeness (QED) is 0.649. The van der Waals surface area contributed by atoms with E-state index in [2.05, 4.69) is 10.3 Å². The third kappa shape index (κ3) is 4.08. The zero-order valence-corrected chi connectivity index (χ0v) is 15.3. The molecular weight excluding hydrogens is 346 g/mol. The van der Waals surface area contributed by atoms with Gasteiger partial charge in [-0.15, -0.1) is 0 Å². The predicted molar refractivity (Wildman–Crippen MR) is 101 cm³/mol. The summed E-state index contributed by atoms with van der Waals surface area (Å²) in [6, 6.07) is 13.6. The summed E-state index contributed by atoms with van der Waals surface area (Å²) in [5, 5.41) is 2.57. The first-order valence-electron chi connectivity index (χ1n) is 8.63. The van der Waals surface area contributed by atoms with Crippen LogP contribution in [0.1, 0.15) is 22.8 Å². The lowest BCUT2D eigenvalue weighted by atomic mass is 10.1. The molecule has 1 heterocycles. The van der Waals surface area contributed by atoms with E-state index in [0.717, 1.165) is 11.1 Å². The molecule has 0 spiro atoms. The summed E-state index contributed by atoms with van der Waals surface area (Å²) >= 11 is 0. The minimum atomic E-state index is -0.494. The predicted octanol–water partition coefficient (Wildman–Crippen LogP) is 2.39. The minimum Gasteiger partial charge on any atom is -0.496 e. The first-order valence-corrected chi connectivity index (χ1v) is 8.63. The second-order valence-corrected chi connectivity index (χ2v) is 5.86. The number of nitrogens with one attached hydrogen (secondary N) is 1. The van der Waals surface area contributed by atoms with Crippen molar-refractivity contribution in [3.63, 3.8) is 0 Å². The number of nitrogens with zero attached hydrogens (tertiary/aromatic N) is 2. The Bertz CT molecular complexity index is 951. The molecular formula is C20H21N3O4. The molecule has 0 bridgehead atoms. The van der Waals surface area contributed by atoms with Crippen molar-refractivity contribution < 1.29 is 19.1 Å². The molecule has 0 fully saturated rings. The summed E-state index contributed by atoms with van der Waals surface area (Å²) in [5.74, 6) is -0.532. The average molecular weight is 367 g/mol. The molecule has 0 atom stereocenters. The highest BCUT2D eigenvalue weighted by Gasteiger charge is 2.20. The van der Waals surface area contributed by atoms with E-state index in [9.17, 15) is 9.59 Å². The first kappa shape index (κ1) is 18.4. The third-order valence-corrected chi connectivity index (χ3v) is 4.10. The Hall–Kier alpha value is -3.35. The Kier molecular flexibility index (Phi) is 5.71. The average Bonchev–Trinajstić information content (AvgIpc) is 3.09. The topological polar surface area (TPSA) is 82.4 Å². The van der Waals surface area contributed by atoms with E-state index in [1.165, 1.54) is 7.11 Å². The van der Waals surface area contributed by atoms with Gasteiger partial charge in [0.15, 0.2) is 0 Å². The zero-order valence-electron chi connectivity index (χ0n) is 15.3. The molecule has 0 aliphatic carbocycles. The van der Waals surface area contributed by atoms with Crippen LogP contribution in [0.4, 0.5) is 0 Å². The molecule has 1 amide bonds. The van der Waals surface area contributed by atoms with Gasteiger partial charge < -0.3 is 19.4 Å². The Morgan fingerprint density at radius 1 is 1.15 bits per heavy atom. The fourth-order valence-electron chi connectivity index (χ4n) is 2.86. The number of benzene rings is 2. The molecule has 0 aliphatic rings. The van der Waals surface area contributed by atoms with Crippen LogP contribution in [-0.2, 0) is 16.1 Å². The number of esters is 1. The number of fused-ring (bicyclic) bond motifs is 1. The van der Waals surface area contributed by atoms with Crippen molar-refractivity contribution in [2.75, 3.05) is 20.3 Å². The number of carbonyl (C=O) groups excluding carboxylic acids is 2. The lowest BCUT2D eigenvalue weighted by Gasteiger charge is -2.11. The zero-order chi connectivity index (χ0) is 19.2. The third-order valence-electron chi connectivity index (χ3n) is 4.10. The van der Waals surface area contributed by atoms with Crippen molar-refractivity contribution in [3.8, 4) is 5.75 Å². The molecule has 0 saturated heterocycles. The monoisotopic (exact) mass is 367 g/mol. The molecule has 0 unspecified atom stereocenters. The number of rotatable bonds is 7. The summed E-state index contributed by atoms with van der Waals surface area (Å²) in [5.41, 5.74) is 2.75. The second kappa shape index (κ2) is 8.35. The molecule has 0 saturated carbocycles. The Morgan fingerprint density at radius 2 is 1.93 bits per heavy atom. The van der Waals surface area contributed by atoms with Gasteiger partial charge in [-0.3, -0.25) is 9.59 Å². The number of hydrogen-bond acceptors (Lipinski definition) is 5. The molecule has 27 heavy (non-hydrogen) atoms. The molecule has 3 rings (SSSR count). The van der Waals surface area contributed by atoms with Gasteiger partial charge in [-0.05, 0) is 24.6 Å². The van der Waals surface area contributed by atoms with Crippen LogP contribution in [-0.4, -0.2) is 41.7 Å². The van der Waals surface area contributed by atoms with Gasteiger partial charge in [-0.2, -0.15) is 0 Å². The van der Waals surface area contributed by atoms with Crippen LogP contribution in [0, 0.1) is 0 Å². The summed E-state index contributed by atoms with van der Waals surface area (Å²) in [4.78, 5) is 28.6. The van der Waals surface area contributed by atoms with Gasteiger partial charge >= 0.3 is 5.97 Å². The number of aromatic nitrogens is 2. The number of hydrogen-bond donors (Lipinski definition) is 1. The number of imidazole rings is 1. The molecule has 0 aliphatic heterocycles. The Morgan fingerprint density at radius 3 is 2.63 bits per heavy atom. The number of ether oxygens (including phenoxy) is 2. The molecule has 7 heteroatoms. The van der Waals surface area contributed by atoms with Crippen molar-refractivity contribution in [3.05, 3.63) is 59.9 Å². The molecule has 2 aromatic carbocycles. The standard InChI is InChI=1S/C20H21N3O4/c1-3-27-17(24)11-21-20(25)18-16(26-2)10-9-15-19(18)22-13-23(15)12-14-7-5-4-6-8-14/h4-10,13H,3,11-12H2,1-2H3,(H,21,25). The fraction of sp³-hybridized carbons (Fsp3) is 0.250. The van der Waals surface area contributed by atoms with Gasteiger partial charge in [-0.25, -0.2) is 4.98 Å². The normalized spacial score (nSPS) is 10.6. The van der Waals surface area contributed by atoms with Crippen molar-refractivity contribution in [2.45, 2.75) is 13.5 Å². The molecule has 7 nitrogen and oxygen atoms in total. The smallest absolute Gasteiger partial charge is 0.325 e. The maximum Gasteiger partial charge on any atom is 0.325 e. The largest absolute Gasteiger partial charge is 0.496 e. The highest BCUT2D eigenvalue weighted by molar-refractivity contribution is 6.08. The van der Waals surface area contributed by atoms with E-state index in [1.807, 2.05) is 41.0 Å². The van der Waals surface area contributed by atoms with Crippen molar-refractivity contribution in [2.24, 2.45) is 0 Å². The number of methoxy groups -OCH3 is 1. The van der Waals surface area contributed by atoms with Gasteiger partial charge in [0, 0.05) is 6.54 Å². The van der Waals surface area contributed by atoms with E-state index in [-0.39, 0.29) is 13.2 Å². The minimum absolute atomic E-state index is 0.211. The van der Waals surface area contributed by atoms with Crippen molar-refractivity contribution in [1.29, 1.82) is 0 Å². The lowest BCUT2D eigenvalue weighted by Crippen LogP contribution is -2.31. The molecule has 0 radical (unpaired) electrons. The van der Waals surface area contributed by atoms with Crippen molar-refractivity contribution >= 4 is 22.9 Å². The van der Waals surface area contributed by atoms with Crippen LogP contribution in [0.2, 0.25) is 0 Å². The Labute approximate surface area is 156 Å². The van der Waals surface area contributed by atoms with Crippen LogP contribution in [0.15, 0.2) is 48.8 Å². The number of amides is 1. The molecule has 3 aromatic rings. The van der Waals surface area contributed by atoms with Crippen LogP contribution in [0.3, 0.4) is 0 Å². The van der Waals surface area contributed by atoms with Gasteiger partial charge in [0.25, 0.3) is 5.91 Å². The van der Waals surface area contributed by atoms with E-state index in [4.69, 9.17) is 9.47 Å². The SMILES string of the molecule is CCOC(=O)CNC(=O)c1c(OC)ccc2c1ncn2Cc1ccccc1. The molecule has 140 valence electrons. The van der Waals surface area contributed by atoms with Gasteiger partial charge in [-0.1, -0.05) is 30.3 Å². The summed E-state index contributed by atoms with van der Waals surface area (Å²) in [6.07, 6.45) is 1.69. The summed E-state index contributed by atoms with van der Waals surface area (Å²) in [6.45, 7) is 2.39. The van der Waals surface area contributed by atoms with Gasteiger partial charge in [0.05, 0.1) is 25.6 Å². The van der Waals surface area contributed by atoms with Crippen LogP contribution in [0.5, 0.6) is 5.75 Å². The Balaban J connectivity index is 1.91. The summed E-state index contributed by atoms with van der Waals surface area (Å²) < 4.78 is 12.1. The highest BCUT2D eigenvalue weighted by Crippen LogP contribution is 2.27. The maximum atomic E-state index is 12.7. The van der Waals surface area contributed by atoms with E-state index in [0.29, 0.717) is 23.4 Å². The number of carbonyl (C=O) groups is 2. The van der Waals surface area contributed by atoms with E-state index in [1.54, 1.807) is 19.3 Å². The van der Waals surface area contributed by atoms with E-state index < -0.39 is 11.9 Å². The fourth-order valence-corrected chi connectivity index (χ4v) is 2.86. The van der Waals surface area contributed by atoms with Crippen LogP contribution in [0.25, 0.3) is 11.0 Å². The molecule has 1 aromatic heterocycles. The van der Waals surface area contributed by atoms with Gasteiger partial charge in [0.2, 0.25) is 0 Å². The maximum absolute atomic E-state index is 12.7. The lowest BCUT2D eigenvalue weighted by molar-refractivity contribution is -0.141. The van der Waals surface area contributed by atoms with Crippen LogP contribution < -0.4 is 10.1 Å². The van der Waals surface area contributed by atoms with Crippen LogP contribution >= 0.6 is 0 Å². The molecule has 1 N–H and O–H groups in total. The van der Waals surface area contributed by atoms with Crippen molar-refractivity contribution in [1.82, 2.24) is 14.9 Å². The van der Waals surface area contributed by atoms with E-state index >= 15 is 0 Å². The summed E-state index contributed by atoms with van der Waals surface area (Å²) in [7, 11) is 1.49. The first-order chi connectivity index (χ1) is 13.1. The van der Waals surface area contributed by atoms with Gasteiger partial charge in [0.1, 0.15) is 23.4 Å².